The van der Waals surface area contributed by atoms with Crippen LogP contribution in [0, 0.1) is 5.92 Å². The maximum absolute atomic E-state index is 12.2. The van der Waals surface area contributed by atoms with Crippen molar-refractivity contribution in [1.29, 1.82) is 0 Å². The van der Waals surface area contributed by atoms with E-state index < -0.39 is 0 Å². The molecular weight excluding hydrogens is 302 g/mol. The third-order valence-corrected chi connectivity index (χ3v) is 3.74. The zero-order valence-electron chi connectivity index (χ0n) is 13.9. The first-order valence-electron chi connectivity index (χ1n) is 8.07. The minimum atomic E-state index is -0.0907. The van der Waals surface area contributed by atoms with Crippen LogP contribution < -0.4 is 14.8 Å². The molecule has 0 aliphatic carbocycles. The second-order valence-corrected chi connectivity index (χ2v) is 6.10. The van der Waals surface area contributed by atoms with E-state index >= 15 is 0 Å². The van der Waals surface area contributed by atoms with Crippen LogP contribution in [0.1, 0.15) is 35.3 Å². The van der Waals surface area contributed by atoms with Crippen LogP contribution in [0.5, 0.6) is 11.5 Å². The summed E-state index contributed by atoms with van der Waals surface area (Å²) >= 11 is 0. The van der Waals surface area contributed by atoms with Gasteiger partial charge in [-0.1, -0.05) is 44.2 Å². The Morgan fingerprint density at radius 3 is 2.62 bits per heavy atom. The number of nitrogens with one attached hydrogen (secondary N) is 1. The molecule has 1 heterocycles. The summed E-state index contributed by atoms with van der Waals surface area (Å²) in [6, 6.07) is 13.3. The fraction of sp³-hybridized carbons (Fsp3) is 0.250. The molecule has 2 aromatic rings. The van der Waals surface area contributed by atoms with Gasteiger partial charge in [-0.05, 0) is 41.3 Å². The van der Waals surface area contributed by atoms with E-state index in [1.165, 1.54) is 0 Å². The molecule has 0 radical (unpaired) electrons. The van der Waals surface area contributed by atoms with E-state index in [0.717, 1.165) is 22.6 Å². The van der Waals surface area contributed by atoms with Gasteiger partial charge in [0.1, 0.15) is 0 Å². The molecule has 0 aromatic heterocycles. The van der Waals surface area contributed by atoms with Gasteiger partial charge < -0.3 is 14.8 Å². The van der Waals surface area contributed by atoms with Crippen molar-refractivity contribution in [2.45, 2.75) is 20.4 Å². The number of benzene rings is 2. The monoisotopic (exact) mass is 323 g/mol. The van der Waals surface area contributed by atoms with E-state index in [2.05, 4.69) is 31.3 Å². The number of rotatable bonds is 5. The Labute approximate surface area is 142 Å². The Morgan fingerprint density at radius 2 is 1.88 bits per heavy atom. The normalized spacial score (nSPS) is 12.8. The van der Waals surface area contributed by atoms with Gasteiger partial charge in [0, 0.05) is 12.1 Å². The molecule has 0 bridgehead atoms. The number of amides is 1. The molecule has 4 nitrogen and oxygen atoms in total. The van der Waals surface area contributed by atoms with Crippen molar-refractivity contribution in [2.75, 3.05) is 6.79 Å². The van der Waals surface area contributed by atoms with Crippen molar-refractivity contribution < 1.29 is 14.3 Å². The summed E-state index contributed by atoms with van der Waals surface area (Å²) in [6.45, 7) is 4.97. The zero-order valence-corrected chi connectivity index (χ0v) is 13.9. The molecule has 124 valence electrons. The van der Waals surface area contributed by atoms with E-state index in [1.807, 2.05) is 42.5 Å². The number of carbonyl (C=O) groups excluding carboxylic acids is 1. The molecule has 0 unspecified atom stereocenters. The lowest BCUT2D eigenvalue weighted by molar-refractivity contribution is 0.0951. The Morgan fingerprint density at radius 1 is 1.12 bits per heavy atom. The maximum atomic E-state index is 12.2. The lowest BCUT2D eigenvalue weighted by Gasteiger charge is -2.07. The van der Waals surface area contributed by atoms with Crippen molar-refractivity contribution in [1.82, 2.24) is 5.32 Å². The summed E-state index contributed by atoms with van der Waals surface area (Å²) in [7, 11) is 0. The lowest BCUT2D eigenvalue weighted by Crippen LogP contribution is -2.22. The highest BCUT2D eigenvalue weighted by atomic mass is 16.7. The van der Waals surface area contributed by atoms with Crippen LogP contribution in [0.15, 0.2) is 48.5 Å². The summed E-state index contributed by atoms with van der Waals surface area (Å²) in [4.78, 5) is 12.2. The van der Waals surface area contributed by atoms with Crippen LogP contribution in [0.25, 0.3) is 6.08 Å². The first-order valence-corrected chi connectivity index (χ1v) is 8.07. The summed E-state index contributed by atoms with van der Waals surface area (Å²) < 4.78 is 10.6. The highest BCUT2D eigenvalue weighted by Crippen LogP contribution is 2.32. The van der Waals surface area contributed by atoms with Crippen LogP contribution in [0.4, 0.5) is 0 Å². The Balaban J connectivity index is 1.58. The smallest absolute Gasteiger partial charge is 0.251 e. The Hall–Kier alpha value is -2.75. The average molecular weight is 323 g/mol. The van der Waals surface area contributed by atoms with Crippen molar-refractivity contribution >= 4 is 12.0 Å². The summed E-state index contributed by atoms with van der Waals surface area (Å²) in [5.41, 5.74) is 2.72. The summed E-state index contributed by atoms with van der Waals surface area (Å²) in [5, 5.41) is 2.92. The van der Waals surface area contributed by atoms with E-state index in [4.69, 9.17) is 9.47 Å². The predicted octanol–water partition coefficient (Wildman–Crippen LogP) is 4.01. The number of fused-ring (bicyclic) bond motifs is 1. The first kappa shape index (κ1) is 16.1. The third-order valence-electron chi connectivity index (χ3n) is 3.74. The molecule has 0 saturated heterocycles. The SMILES string of the molecule is CC(C)/C=C/c1ccc(C(=O)NCc2ccc3c(c2)OCO3)cc1. The van der Waals surface area contributed by atoms with Gasteiger partial charge in [-0.3, -0.25) is 4.79 Å². The molecule has 1 aliphatic rings. The van der Waals surface area contributed by atoms with Crippen LogP contribution in [0.3, 0.4) is 0 Å². The predicted molar refractivity (Wildman–Crippen MR) is 94.0 cm³/mol. The van der Waals surface area contributed by atoms with Gasteiger partial charge >= 0.3 is 0 Å². The van der Waals surface area contributed by atoms with Crippen LogP contribution in [-0.2, 0) is 6.54 Å². The molecule has 1 N–H and O–H groups in total. The maximum Gasteiger partial charge on any atom is 0.251 e. The number of ether oxygens (including phenoxy) is 2. The van der Waals surface area contributed by atoms with Crippen LogP contribution in [-0.4, -0.2) is 12.7 Å². The second-order valence-electron chi connectivity index (χ2n) is 6.10. The van der Waals surface area contributed by atoms with E-state index in [-0.39, 0.29) is 12.7 Å². The standard InChI is InChI=1S/C20H21NO3/c1-14(2)3-4-15-5-8-17(9-6-15)20(22)21-12-16-7-10-18-19(11-16)24-13-23-18/h3-11,14H,12-13H2,1-2H3,(H,21,22)/b4-3+. The van der Waals surface area contributed by atoms with Gasteiger partial charge in [-0.2, -0.15) is 0 Å². The molecule has 0 spiro atoms. The topological polar surface area (TPSA) is 47.6 Å². The van der Waals surface area contributed by atoms with E-state index in [1.54, 1.807) is 0 Å². The number of carbonyl (C=O) groups is 1. The van der Waals surface area contributed by atoms with Gasteiger partial charge in [0.15, 0.2) is 11.5 Å². The molecule has 0 fully saturated rings. The molecule has 1 aliphatic heterocycles. The fourth-order valence-electron chi connectivity index (χ4n) is 2.38. The van der Waals surface area contributed by atoms with Gasteiger partial charge in [-0.25, -0.2) is 0 Å². The minimum Gasteiger partial charge on any atom is -0.454 e. The number of hydrogen-bond donors (Lipinski definition) is 1. The lowest BCUT2D eigenvalue weighted by atomic mass is 10.1. The Kier molecular flexibility index (Phi) is 4.85. The second kappa shape index (κ2) is 7.21. The van der Waals surface area contributed by atoms with Gasteiger partial charge in [0.2, 0.25) is 6.79 Å². The molecule has 3 rings (SSSR count). The van der Waals surface area contributed by atoms with Gasteiger partial charge in [0.05, 0.1) is 0 Å². The molecule has 1 amide bonds. The van der Waals surface area contributed by atoms with Crippen LogP contribution >= 0.6 is 0 Å². The number of allylic oxidation sites excluding steroid dienone is 1. The third kappa shape index (κ3) is 3.96. The Bertz CT molecular complexity index is 748. The van der Waals surface area contributed by atoms with E-state index in [9.17, 15) is 4.79 Å². The van der Waals surface area contributed by atoms with Crippen molar-refractivity contribution in [2.24, 2.45) is 5.92 Å². The fourth-order valence-corrected chi connectivity index (χ4v) is 2.38. The highest BCUT2D eigenvalue weighted by molar-refractivity contribution is 5.94. The largest absolute Gasteiger partial charge is 0.454 e. The molecule has 4 heteroatoms. The van der Waals surface area contributed by atoms with E-state index in [0.29, 0.717) is 18.0 Å². The molecule has 0 atom stereocenters. The zero-order chi connectivity index (χ0) is 16.9. The molecule has 2 aromatic carbocycles. The summed E-state index contributed by atoms with van der Waals surface area (Å²) in [5.74, 6) is 1.89. The quantitative estimate of drug-likeness (QED) is 0.904. The van der Waals surface area contributed by atoms with Crippen molar-refractivity contribution in [3.05, 3.63) is 65.2 Å². The first-order chi connectivity index (χ1) is 11.6. The summed E-state index contributed by atoms with van der Waals surface area (Å²) in [6.07, 6.45) is 4.20. The highest BCUT2D eigenvalue weighted by Gasteiger charge is 2.13. The van der Waals surface area contributed by atoms with Crippen LogP contribution in [0.2, 0.25) is 0 Å². The average Bonchev–Trinajstić information content (AvgIpc) is 3.06. The molecule has 0 saturated carbocycles. The van der Waals surface area contributed by atoms with Crippen molar-refractivity contribution in [3.8, 4) is 11.5 Å². The molecule has 24 heavy (non-hydrogen) atoms. The minimum absolute atomic E-state index is 0.0907. The van der Waals surface area contributed by atoms with Gasteiger partial charge in [0.25, 0.3) is 5.91 Å². The molecular formula is C20H21NO3. The van der Waals surface area contributed by atoms with Crippen molar-refractivity contribution in [3.63, 3.8) is 0 Å². The number of hydrogen-bond acceptors (Lipinski definition) is 3. The van der Waals surface area contributed by atoms with Gasteiger partial charge in [-0.15, -0.1) is 0 Å².